The van der Waals surface area contributed by atoms with Crippen molar-refractivity contribution in [2.45, 2.75) is 33.8 Å². The molecular weight excluding hydrogens is 364 g/mol. The third-order valence-corrected chi connectivity index (χ3v) is 5.73. The molecule has 0 heterocycles. The van der Waals surface area contributed by atoms with Crippen molar-refractivity contribution < 1.29 is 19.1 Å². The Morgan fingerprint density at radius 2 is 1.66 bits per heavy atom. The van der Waals surface area contributed by atoms with Crippen molar-refractivity contribution in [2.24, 2.45) is 17.3 Å². The van der Waals surface area contributed by atoms with E-state index in [0.29, 0.717) is 5.57 Å². The van der Waals surface area contributed by atoms with Crippen LogP contribution in [0.1, 0.15) is 37.5 Å². The second-order valence-corrected chi connectivity index (χ2v) is 8.26. The van der Waals surface area contributed by atoms with Gasteiger partial charge in [0.2, 0.25) is 0 Å². The number of benzene rings is 2. The Labute approximate surface area is 172 Å². The minimum Gasteiger partial charge on any atom is -0.466 e. The maximum Gasteiger partial charge on any atom is 0.333 e. The van der Waals surface area contributed by atoms with Crippen molar-refractivity contribution in [1.29, 1.82) is 0 Å². The van der Waals surface area contributed by atoms with Crippen LogP contribution in [0.5, 0.6) is 0 Å². The van der Waals surface area contributed by atoms with Crippen molar-refractivity contribution in [2.75, 3.05) is 7.11 Å². The molecule has 2 atom stereocenters. The summed E-state index contributed by atoms with van der Waals surface area (Å²) < 4.78 is 10.3. The molecule has 2 unspecified atom stereocenters. The van der Waals surface area contributed by atoms with Gasteiger partial charge in [0.05, 0.1) is 13.0 Å². The molecule has 0 amide bonds. The Balaban J connectivity index is 1.59. The number of ether oxygens (including phenoxy) is 2. The Kier molecular flexibility index (Phi) is 6.21. The van der Waals surface area contributed by atoms with Gasteiger partial charge in [0.25, 0.3) is 0 Å². The minimum atomic E-state index is -0.366. The van der Waals surface area contributed by atoms with Gasteiger partial charge in [-0.25, -0.2) is 4.79 Å². The fraction of sp³-hybridized carbons (Fsp3) is 0.360. The van der Waals surface area contributed by atoms with Crippen LogP contribution in [-0.2, 0) is 32.1 Å². The number of carbonyl (C=O) groups is 2. The molecule has 2 aromatic rings. The molecule has 152 valence electrons. The molecule has 4 nitrogen and oxygen atoms in total. The standard InChI is InChI=1S/C25H28O4/c1-17(23(26)28-4)13-21-22(25(21,2)3)24(27)29-16-20-12-8-11-19(15-20)14-18-9-6-5-7-10-18/h5-13,15,21-22H,14,16H2,1-4H3/b17-13-. The summed E-state index contributed by atoms with van der Waals surface area (Å²) in [6.07, 6.45) is 2.68. The topological polar surface area (TPSA) is 52.6 Å². The van der Waals surface area contributed by atoms with E-state index in [1.807, 2.05) is 50.3 Å². The fourth-order valence-corrected chi connectivity index (χ4v) is 3.84. The van der Waals surface area contributed by atoms with Crippen molar-refractivity contribution in [3.05, 3.63) is 82.9 Å². The zero-order valence-electron chi connectivity index (χ0n) is 17.5. The van der Waals surface area contributed by atoms with Gasteiger partial charge in [0.15, 0.2) is 0 Å². The summed E-state index contributed by atoms with van der Waals surface area (Å²) in [5.41, 5.74) is 3.71. The van der Waals surface area contributed by atoms with Crippen LogP contribution in [0.15, 0.2) is 66.2 Å². The predicted octanol–water partition coefficient (Wildman–Crippen LogP) is 4.71. The third kappa shape index (κ3) is 4.94. The zero-order chi connectivity index (χ0) is 21.0. The molecule has 1 aliphatic rings. The van der Waals surface area contributed by atoms with E-state index in [4.69, 9.17) is 9.47 Å². The molecule has 1 fully saturated rings. The van der Waals surface area contributed by atoms with Crippen LogP contribution in [0.4, 0.5) is 0 Å². The lowest BCUT2D eigenvalue weighted by Crippen LogP contribution is -2.11. The molecule has 0 aliphatic heterocycles. The largest absolute Gasteiger partial charge is 0.466 e. The van der Waals surface area contributed by atoms with Gasteiger partial charge >= 0.3 is 11.9 Å². The van der Waals surface area contributed by atoms with Crippen molar-refractivity contribution >= 4 is 11.9 Å². The third-order valence-electron chi connectivity index (χ3n) is 5.73. The first-order valence-corrected chi connectivity index (χ1v) is 9.88. The summed E-state index contributed by atoms with van der Waals surface area (Å²) in [7, 11) is 1.36. The van der Waals surface area contributed by atoms with Gasteiger partial charge in [-0.1, -0.05) is 74.5 Å². The van der Waals surface area contributed by atoms with E-state index in [1.165, 1.54) is 18.2 Å². The molecule has 0 spiro atoms. The van der Waals surface area contributed by atoms with Gasteiger partial charge in [0, 0.05) is 5.57 Å². The summed E-state index contributed by atoms with van der Waals surface area (Å²) in [6.45, 7) is 6.00. The van der Waals surface area contributed by atoms with Crippen LogP contribution in [0.25, 0.3) is 0 Å². The number of esters is 2. The van der Waals surface area contributed by atoms with Crippen LogP contribution in [0.2, 0.25) is 0 Å². The molecule has 4 heteroatoms. The number of rotatable bonds is 7. The number of hydrogen-bond donors (Lipinski definition) is 0. The number of hydrogen-bond acceptors (Lipinski definition) is 4. The van der Waals surface area contributed by atoms with E-state index in [1.54, 1.807) is 6.92 Å². The summed E-state index contributed by atoms with van der Waals surface area (Å²) >= 11 is 0. The number of methoxy groups -OCH3 is 1. The highest BCUT2D eigenvalue weighted by molar-refractivity contribution is 5.88. The predicted molar refractivity (Wildman–Crippen MR) is 112 cm³/mol. The van der Waals surface area contributed by atoms with Gasteiger partial charge in [-0.05, 0) is 41.4 Å². The summed E-state index contributed by atoms with van der Waals surface area (Å²) in [4.78, 5) is 24.3. The molecule has 0 aromatic heterocycles. The quantitative estimate of drug-likeness (QED) is 0.506. The molecule has 0 bridgehead atoms. The molecule has 1 saturated carbocycles. The maximum absolute atomic E-state index is 12.6. The molecular formula is C25H28O4. The molecule has 0 N–H and O–H groups in total. The SMILES string of the molecule is COC(=O)/C(C)=C\C1C(C(=O)OCc2cccc(Cc3ccccc3)c2)C1(C)C. The summed E-state index contributed by atoms with van der Waals surface area (Å²) in [5, 5.41) is 0. The highest BCUT2D eigenvalue weighted by Gasteiger charge is 2.61. The zero-order valence-corrected chi connectivity index (χ0v) is 17.5. The first-order chi connectivity index (χ1) is 13.8. The van der Waals surface area contributed by atoms with Crippen LogP contribution >= 0.6 is 0 Å². The Bertz CT molecular complexity index is 911. The van der Waals surface area contributed by atoms with E-state index < -0.39 is 0 Å². The normalized spacial score (nSPS) is 20.1. The Morgan fingerprint density at radius 3 is 2.34 bits per heavy atom. The number of carbonyl (C=O) groups excluding carboxylic acids is 2. The monoisotopic (exact) mass is 392 g/mol. The first kappa shape index (κ1) is 20.8. The molecule has 29 heavy (non-hydrogen) atoms. The van der Waals surface area contributed by atoms with Gasteiger partial charge in [-0.2, -0.15) is 0 Å². The second kappa shape index (κ2) is 8.64. The van der Waals surface area contributed by atoms with E-state index in [0.717, 1.165) is 12.0 Å². The Hall–Kier alpha value is -2.88. The van der Waals surface area contributed by atoms with Gasteiger partial charge < -0.3 is 9.47 Å². The van der Waals surface area contributed by atoms with Crippen LogP contribution < -0.4 is 0 Å². The highest BCUT2D eigenvalue weighted by Crippen LogP contribution is 2.59. The van der Waals surface area contributed by atoms with Crippen LogP contribution in [0, 0.1) is 17.3 Å². The molecule has 0 radical (unpaired) electrons. The van der Waals surface area contributed by atoms with Crippen molar-refractivity contribution in [3.8, 4) is 0 Å². The van der Waals surface area contributed by atoms with Crippen LogP contribution in [-0.4, -0.2) is 19.0 Å². The smallest absolute Gasteiger partial charge is 0.333 e. The average Bonchev–Trinajstić information content (AvgIpc) is 3.26. The summed E-state index contributed by atoms with van der Waals surface area (Å²) in [6, 6.07) is 18.4. The lowest BCUT2D eigenvalue weighted by Gasteiger charge is -2.08. The van der Waals surface area contributed by atoms with Crippen LogP contribution in [0.3, 0.4) is 0 Å². The Morgan fingerprint density at radius 1 is 1.00 bits per heavy atom. The first-order valence-electron chi connectivity index (χ1n) is 9.88. The van der Waals surface area contributed by atoms with Gasteiger partial charge in [-0.3, -0.25) is 4.79 Å². The summed E-state index contributed by atoms with van der Waals surface area (Å²) in [5.74, 6) is -0.842. The fourth-order valence-electron chi connectivity index (χ4n) is 3.84. The molecule has 3 rings (SSSR count). The lowest BCUT2D eigenvalue weighted by molar-refractivity contribution is -0.147. The highest BCUT2D eigenvalue weighted by atomic mass is 16.5. The maximum atomic E-state index is 12.6. The van der Waals surface area contributed by atoms with Crippen molar-refractivity contribution in [1.82, 2.24) is 0 Å². The molecule has 1 aliphatic carbocycles. The van der Waals surface area contributed by atoms with Gasteiger partial charge in [-0.15, -0.1) is 0 Å². The van der Waals surface area contributed by atoms with E-state index >= 15 is 0 Å². The molecule has 0 saturated heterocycles. The second-order valence-electron chi connectivity index (χ2n) is 8.26. The average molecular weight is 392 g/mol. The van der Waals surface area contributed by atoms with Crippen molar-refractivity contribution in [3.63, 3.8) is 0 Å². The van der Waals surface area contributed by atoms with E-state index in [2.05, 4.69) is 24.3 Å². The number of allylic oxidation sites excluding steroid dienone is 1. The van der Waals surface area contributed by atoms with E-state index in [-0.39, 0.29) is 35.8 Å². The minimum absolute atomic E-state index is 0.0153. The lowest BCUT2D eigenvalue weighted by atomic mass is 10.0. The van der Waals surface area contributed by atoms with E-state index in [9.17, 15) is 9.59 Å². The molecule has 2 aromatic carbocycles. The van der Waals surface area contributed by atoms with Gasteiger partial charge in [0.1, 0.15) is 6.61 Å².